The zero-order valence-corrected chi connectivity index (χ0v) is 49.0. The number of fused-ring (bicyclic) bond motifs is 4. The molecule has 0 amide bonds. The van der Waals surface area contributed by atoms with Crippen LogP contribution in [0.5, 0.6) is 11.5 Å². The Hall–Kier alpha value is -10.1. The van der Waals surface area contributed by atoms with Gasteiger partial charge in [-0.2, -0.15) is 0 Å². The lowest BCUT2D eigenvalue weighted by atomic mass is 9.82. The highest BCUT2D eigenvalue weighted by molar-refractivity contribution is 7.19. The van der Waals surface area contributed by atoms with E-state index in [2.05, 4.69) is 60.0 Å². The van der Waals surface area contributed by atoms with Crippen molar-refractivity contribution in [2.24, 2.45) is 0 Å². The number of rotatable bonds is 12. The summed E-state index contributed by atoms with van der Waals surface area (Å²) in [6, 6.07) is 16.3. The Morgan fingerprint density at radius 3 is 1.84 bits per heavy atom. The lowest BCUT2D eigenvalue weighted by Gasteiger charge is -2.34. The summed E-state index contributed by atoms with van der Waals surface area (Å²) in [4.78, 5) is 4.73. The summed E-state index contributed by atoms with van der Waals surface area (Å²) in [5.41, 5.74) is 4.11. The molecule has 87 heavy (non-hydrogen) atoms. The number of ether oxygens (including phenoxy) is 1. The summed E-state index contributed by atoms with van der Waals surface area (Å²) < 4.78 is 261. The molecule has 0 N–H and O–H groups in total. The second kappa shape index (κ2) is 22.0. The molecule has 11 aromatic carbocycles. The number of nitrogens with zero attached hydrogens (tertiary/aromatic N) is 4. The van der Waals surface area contributed by atoms with Crippen LogP contribution in [0.1, 0.15) is 95.2 Å². The fraction of sp³-hybridized carbons (Fsp3) is 0.111. The van der Waals surface area contributed by atoms with Gasteiger partial charge in [0.2, 0.25) is 0 Å². The Balaban J connectivity index is 1.04. The second-order valence-corrected chi connectivity index (χ2v) is 26.5. The van der Waals surface area contributed by atoms with Crippen LogP contribution in [0.3, 0.4) is 0 Å². The quantitative estimate of drug-likeness (QED) is 0.0529. The van der Waals surface area contributed by atoms with E-state index in [1.807, 2.05) is 59.2 Å². The first kappa shape index (κ1) is 32.4. The molecule has 0 saturated carbocycles. The topological polar surface area (TPSA) is 35.9 Å². The van der Waals surface area contributed by atoms with Crippen molar-refractivity contribution >= 4 is 61.7 Å². The molecule has 422 valence electrons. The average molecular weight is 1170 g/mol. The first-order chi connectivity index (χ1) is 53.5. The molecule has 3 aromatic heterocycles. The van der Waals surface area contributed by atoms with E-state index in [1.165, 1.54) is 18.3 Å². The summed E-state index contributed by atoms with van der Waals surface area (Å²) in [5.74, 6) is 0.637. The standard InChI is InChI=1S/C81H68N4OSi/c1-56-48-78(82-54-72(56)57-26-12-8-13-27-57)85-74-43-21-20-40-70(74)71-46-45-64(53-76(71)85)86-63-32-24-31-62(52-63)83-55-84(79-69(41-25-42-73(79)81(5,6)7)60-29-22-30-61(49-60)80(2,3)4)75-47-44-59(51-77(75)83)58-28-23-39-68(50-58)87(65-33-14-9-15-34-65,66-35-16-10-17-36-66)67-37-18-11-19-38-67/h8-54H,1-7H3/i1D3,8D,9D,10D,11D,12D,13D,14D,15D,16D,17D,18D,19D,23D,26D,27D,28D,33D,34D,35D,36D,37D,38D,39D,50D. The average Bonchev–Trinajstić information content (AvgIpc) is 0.804. The molecule has 14 rings (SSSR count). The molecule has 6 heteroatoms. The zero-order valence-electron chi connectivity index (χ0n) is 75.0. The van der Waals surface area contributed by atoms with Crippen LogP contribution >= 0.6 is 0 Å². The van der Waals surface area contributed by atoms with Crippen molar-refractivity contribution in [3.8, 4) is 62.1 Å². The summed E-state index contributed by atoms with van der Waals surface area (Å²) >= 11 is 0. The van der Waals surface area contributed by atoms with Crippen molar-refractivity contribution in [2.45, 2.75) is 59.2 Å². The predicted octanol–water partition coefficient (Wildman–Crippen LogP) is 17.3. The van der Waals surface area contributed by atoms with Gasteiger partial charge in [0.05, 0.1) is 66.3 Å². The summed E-state index contributed by atoms with van der Waals surface area (Å²) in [5, 5.41) is -2.42. The van der Waals surface area contributed by atoms with E-state index in [0.29, 0.717) is 33.3 Å². The highest BCUT2D eigenvalue weighted by atomic mass is 28.3. The fourth-order valence-corrected chi connectivity index (χ4v) is 14.9. The molecule has 0 bridgehead atoms. The van der Waals surface area contributed by atoms with Crippen molar-refractivity contribution in [1.29, 1.82) is 0 Å². The van der Waals surface area contributed by atoms with Crippen LogP contribution in [0, 0.1) is 13.2 Å². The zero-order chi connectivity index (χ0) is 82.8. The highest BCUT2D eigenvalue weighted by Crippen LogP contribution is 2.39. The van der Waals surface area contributed by atoms with E-state index >= 15 is 0 Å². The number of imidazole rings is 1. The molecule has 0 spiro atoms. The van der Waals surface area contributed by atoms with Crippen LogP contribution in [0.2, 0.25) is 0 Å². The van der Waals surface area contributed by atoms with Crippen molar-refractivity contribution in [2.75, 3.05) is 0 Å². The van der Waals surface area contributed by atoms with Gasteiger partial charge in [0.1, 0.15) is 17.3 Å². The van der Waals surface area contributed by atoms with Gasteiger partial charge >= 0.3 is 0 Å². The molecule has 0 aliphatic carbocycles. The summed E-state index contributed by atoms with van der Waals surface area (Å²) in [7, 11) is -6.24. The third-order valence-electron chi connectivity index (χ3n) is 15.5. The van der Waals surface area contributed by atoms with Gasteiger partial charge in [-0.15, -0.1) is 0 Å². The van der Waals surface area contributed by atoms with Crippen molar-refractivity contribution in [3.05, 3.63) is 308 Å². The molecule has 0 atom stereocenters. The maximum absolute atomic E-state index is 10.7. The van der Waals surface area contributed by atoms with Crippen LogP contribution < -0.4 is 30.1 Å². The fourth-order valence-electron chi connectivity index (χ4n) is 11.4. The van der Waals surface area contributed by atoms with Crippen LogP contribution in [0.15, 0.2) is 285 Å². The van der Waals surface area contributed by atoms with Crippen LogP contribution in [-0.2, 0) is 10.8 Å². The third kappa shape index (κ3) is 9.96. The number of benzene rings is 11. The summed E-state index contributed by atoms with van der Waals surface area (Å²) in [6.45, 7) is 9.62. The smallest absolute Gasteiger partial charge is 0.269 e. The van der Waals surface area contributed by atoms with Crippen LogP contribution in [-0.4, -0.2) is 22.2 Å². The number of hydrogen-bond acceptors (Lipinski definition) is 2. The highest BCUT2D eigenvalue weighted by Gasteiger charge is 2.41. The third-order valence-corrected chi connectivity index (χ3v) is 19.5. The minimum atomic E-state index is -6.24. The van der Waals surface area contributed by atoms with Crippen molar-refractivity contribution in [3.63, 3.8) is 0 Å². The van der Waals surface area contributed by atoms with Crippen LogP contribution in [0.25, 0.3) is 83.4 Å². The van der Waals surface area contributed by atoms with Gasteiger partial charge < -0.3 is 4.74 Å². The molecule has 0 aliphatic rings. The maximum atomic E-state index is 10.7. The number of hydrogen-bond donors (Lipinski definition) is 0. The van der Waals surface area contributed by atoms with Gasteiger partial charge in [-0.05, 0) is 131 Å². The van der Waals surface area contributed by atoms with Gasteiger partial charge in [0, 0.05) is 32.7 Å². The molecule has 0 fully saturated rings. The van der Waals surface area contributed by atoms with E-state index in [1.54, 1.807) is 63.7 Å². The Labute approximate surface area is 549 Å². The Morgan fingerprint density at radius 2 is 1.14 bits per heavy atom. The Bertz CT molecular complexity index is 6210. The lowest BCUT2D eigenvalue weighted by Crippen LogP contribution is -2.74. The first-order valence-corrected chi connectivity index (χ1v) is 30.0. The molecule has 3 heterocycles. The minimum absolute atomic E-state index is 0.0688. The van der Waals surface area contributed by atoms with Crippen molar-refractivity contribution in [1.82, 2.24) is 14.1 Å². The minimum Gasteiger partial charge on any atom is -0.458 e. The van der Waals surface area contributed by atoms with Gasteiger partial charge in [0.25, 0.3) is 6.33 Å². The molecule has 0 unspecified atom stereocenters. The largest absolute Gasteiger partial charge is 0.458 e. The van der Waals surface area contributed by atoms with E-state index < -0.39 is 192 Å². The van der Waals surface area contributed by atoms with E-state index in [9.17, 15) is 13.7 Å². The normalized spacial score (nSPS) is 16.6. The number of aromatic nitrogens is 4. The molecule has 14 aromatic rings. The second-order valence-electron chi connectivity index (χ2n) is 23.0. The number of aryl methyl sites for hydroxylation is 1. The van der Waals surface area contributed by atoms with Gasteiger partial charge in [0.15, 0.2) is 8.07 Å². The molecular weight excluding hydrogens is 1070 g/mol. The van der Waals surface area contributed by atoms with Crippen LogP contribution in [0.4, 0.5) is 0 Å². The Morgan fingerprint density at radius 1 is 0.494 bits per heavy atom. The number of pyridine rings is 1. The molecule has 0 radical (unpaired) electrons. The monoisotopic (exact) mass is 1170 g/mol. The van der Waals surface area contributed by atoms with E-state index in [0.717, 1.165) is 27.6 Å². The number of para-hydroxylation sites is 2. The molecular formula is C81H68N4OSi. The molecule has 0 saturated heterocycles. The van der Waals surface area contributed by atoms with Gasteiger partial charge in [-0.3, -0.25) is 13.7 Å². The van der Waals surface area contributed by atoms with Gasteiger partial charge in [-0.25, -0.2) is 4.98 Å². The predicted molar refractivity (Wildman–Crippen MR) is 364 cm³/mol. The SMILES string of the molecule is [2H]c1c([2H])c([2H])c(-c2cnc(-n3c4ccccc4c4ccc(Oc5cccc(-n6[c-][n+](-c7c(-c8cccc(C(C)(C)C)c8)cccc7C(C)(C)C)c7ccc(-c8c([2H])c([2H])c([2H])c([Si](c9c([2H])c([2H])c([2H])c([2H])c9[2H])(c9c([2H])c([2H])c([2H])c([2H])c9[2H])c9c([2H])c([2H])c([2H])c([2H])c9[2H])c8[2H])cc76)c5)cc43)cc2C([2H])([2H])[2H])c([2H])c1[2H]. The molecule has 0 aliphatic heterocycles. The summed E-state index contributed by atoms with van der Waals surface area (Å²) in [6.07, 6.45) is 4.84. The van der Waals surface area contributed by atoms with E-state index in [4.69, 9.17) is 33.0 Å². The molecule has 5 nitrogen and oxygen atoms in total. The van der Waals surface area contributed by atoms with Crippen molar-refractivity contribution < 1.29 is 46.3 Å². The van der Waals surface area contributed by atoms with Gasteiger partial charge in [-0.1, -0.05) is 265 Å². The lowest BCUT2D eigenvalue weighted by molar-refractivity contribution is -0.572. The Kier molecular flexibility index (Phi) is 8.21. The van der Waals surface area contributed by atoms with E-state index in [-0.39, 0.29) is 50.5 Å². The maximum Gasteiger partial charge on any atom is 0.269 e. The first-order valence-electron chi connectivity index (χ1n) is 41.5.